The van der Waals surface area contributed by atoms with Gasteiger partial charge in [0.1, 0.15) is 0 Å². The number of carbonyl (C=O) groups excluding carboxylic acids is 1. The van der Waals surface area contributed by atoms with Crippen molar-refractivity contribution in [1.29, 1.82) is 0 Å². The lowest BCUT2D eigenvalue weighted by Crippen LogP contribution is -2.17. The number of nitrogens with one attached hydrogen (secondary N) is 1. The molecular formula is C18H33NO. The third-order valence-electron chi connectivity index (χ3n) is 5.50. The zero-order chi connectivity index (χ0) is 14.2. The molecule has 0 radical (unpaired) electrons. The van der Waals surface area contributed by atoms with Crippen LogP contribution in [0.5, 0.6) is 0 Å². The third-order valence-corrected chi connectivity index (χ3v) is 5.50. The lowest BCUT2D eigenvalue weighted by Gasteiger charge is -2.16. The van der Waals surface area contributed by atoms with Crippen molar-refractivity contribution in [3.05, 3.63) is 0 Å². The van der Waals surface area contributed by atoms with Crippen LogP contribution in [-0.2, 0) is 4.79 Å². The summed E-state index contributed by atoms with van der Waals surface area (Å²) in [5.74, 6) is 3.02. The van der Waals surface area contributed by atoms with Gasteiger partial charge in [-0.1, -0.05) is 64.2 Å². The van der Waals surface area contributed by atoms with Crippen molar-refractivity contribution in [3.8, 4) is 0 Å². The number of carbonyl (C=O) groups is 1. The van der Waals surface area contributed by atoms with Gasteiger partial charge in [0.05, 0.1) is 0 Å². The van der Waals surface area contributed by atoms with Crippen LogP contribution in [0.25, 0.3) is 0 Å². The summed E-state index contributed by atoms with van der Waals surface area (Å²) in [5.41, 5.74) is 0. The smallest absolute Gasteiger partial charge is 0.219 e. The highest BCUT2D eigenvalue weighted by Crippen LogP contribution is 2.50. The molecule has 1 amide bonds. The summed E-state index contributed by atoms with van der Waals surface area (Å²) < 4.78 is 0. The Bertz CT molecular complexity index is 277. The second-order valence-corrected chi connectivity index (χ2v) is 7.04. The molecule has 0 aromatic heterocycles. The minimum atomic E-state index is 0.220. The molecule has 2 unspecified atom stereocenters. The van der Waals surface area contributed by atoms with E-state index in [9.17, 15) is 4.79 Å². The van der Waals surface area contributed by atoms with E-state index in [-0.39, 0.29) is 5.91 Å². The van der Waals surface area contributed by atoms with E-state index in [1.165, 1.54) is 70.6 Å². The first-order valence-corrected chi connectivity index (χ1v) is 9.02. The van der Waals surface area contributed by atoms with Crippen LogP contribution in [0.1, 0.15) is 83.5 Å². The molecule has 2 rings (SSSR count). The highest BCUT2D eigenvalue weighted by Gasteiger charge is 2.41. The summed E-state index contributed by atoms with van der Waals surface area (Å²) in [4.78, 5) is 11.3. The summed E-state index contributed by atoms with van der Waals surface area (Å²) in [7, 11) is 1.75. The van der Waals surface area contributed by atoms with Crippen LogP contribution in [0, 0.1) is 17.8 Å². The molecule has 2 aliphatic rings. The second-order valence-electron chi connectivity index (χ2n) is 7.04. The molecule has 2 nitrogen and oxygen atoms in total. The number of hydrogen-bond acceptors (Lipinski definition) is 1. The van der Waals surface area contributed by atoms with Crippen molar-refractivity contribution in [3.63, 3.8) is 0 Å². The van der Waals surface area contributed by atoms with E-state index in [2.05, 4.69) is 5.32 Å². The average Bonchev–Trinajstić information content (AvgIpc) is 3.23. The Morgan fingerprint density at radius 2 is 1.50 bits per heavy atom. The predicted octanol–water partition coefficient (Wildman–Crippen LogP) is 4.68. The van der Waals surface area contributed by atoms with E-state index in [0.29, 0.717) is 0 Å². The Morgan fingerprint density at radius 1 is 0.950 bits per heavy atom. The molecule has 0 aromatic carbocycles. The van der Waals surface area contributed by atoms with E-state index in [4.69, 9.17) is 0 Å². The molecule has 116 valence electrons. The van der Waals surface area contributed by atoms with Gasteiger partial charge in [-0.3, -0.25) is 4.79 Å². The fraction of sp³-hybridized carbons (Fsp3) is 0.944. The monoisotopic (exact) mass is 279 g/mol. The molecule has 2 atom stereocenters. The van der Waals surface area contributed by atoms with Gasteiger partial charge >= 0.3 is 0 Å². The SMILES string of the molecule is CNC(=O)CCC1CC1C1CCCCCCCCCC1. The minimum Gasteiger partial charge on any atom is -0.359 e. The van der Waals surface area contributed by atoms with Gasteiger partial charge in [-0.15, -0.1) is 0 Å². The molecule has 0 heterocycles. The molecule has 2 heteroatoms. The fourth-order valence-electron chi connectivity index (χ4n) is 4.07. The maximum atomic E-state index is 11.3. The normalized spacial score (nSPS) is 29.4. The molecule has 2 fully saturated rings. The van der Waals surface area contributed by atoms with Gasteiger partial charge in [-0.2, -0.15) is 0 Å². The van der Waals surface area contributed by atoms with Crippen molar-refractivity contribution in [2.75, 3.05) is 7.05 Å². The second kappa shape index (κ2) is 8.69. The summed E-state index contributed by atoms with van der Waals surface area (Å²) in [6, 6.07) is 0. The first-order valence-electron chi connectivity index (χ1n) is 9.02. The standard InChI is InChI=1S/C18H33NO/c1-19-18(20)13-12-16-14-17(16)15-10-8-6-4-2-3-5-7-9-11-15/h15-17H,2-14H2,1H3,(H,19,20). The summed E-state index contributed by atoms with van der Waals surface area (Å²) in [5, 5.41) is 2.74. The maximum Gasteiger partial charge on any atom is 0.219 e. The average molecular weight is 279 g/mol. The molecule has 0 bridgehead atoms. The van der Waals surface area contributed by atoms with Gasteiger partial charge in [0, 0.05) is 13.5 Å². The number of hydrogen-bond donors (Lipinski definition) is 1. The molecule has 0 aliphatic heterocycles. The molecule has 2 saturated carbocycles. The Hall–Kier alpha value is -0.530. The van der Waals surface area contributed by atoms with E-state index < -0.39 is 0 Å². The number of amides is 1. The Kier molecular flexibility index (Phi) is 6.89. The highest BCUT2D eigenvalue weighted by molar-refractivity contribution is 5.75. The lowest BCUT2D eigenvalue weighted by molar-refractivity contribution is -0.120. The van der Waals surface area contributed by atoms with E-state index in [1.54, 1.807) is 7.05 Å². The van der Waals surface area contributed by atoms with Crippen molar-refractivity contribution in [1.82, 2.24) is 5.32 Å². The van der Waals surface area contributed by atoms with Gasteiger partial charge in [0.15, 0.2) is 0 Å². The molecule has 20 heavy (non-hydrogen) atoms. The molecule has 2 aliphatic carbocycles. The van der Waals surface area contributed by atoms with Gasteiger partial charge in [0.25, 0.3) is 0 Å². The molecule has 0 spiro atoms. The Morgan fingerprint density at radius 3 is 2.05 bits per heavy atom. The van der Waals surface area contributed by atoms with E-state index >= 15 is 0 Å². The predicted molar refractivity (Wildman–Crippen MR) is 84.6 cm³/mol. The van der Waals surface area contributed by atoms with Crippen LogP contribution in [-0.4, -0.2) is 13.0 Å². The zero-order valence-corrected chi connectivity index (χ0v) is 13.3. The molecule has 0 aromatic rings. The first-order chi connectivity index (χ1) is 9.81. The summed E-state index contributed by atoms with van der Waals surface area (Å²) >= 11 is 0. The first kappa shape index (κ1) is 15.9. The van der Waals surface area contributed by atoms with E-state index in [1.807, 2.05) is 0 Å². The lowest BCUT2D eigenvalue weighted by atomic mass is 9.89. The topological polar surface area (TPSA) is 29.1 Å². The van der Waals surface area contributed by atoms with Crippen LogP contribution in [0.4, 0.5) is 0 Å². The van der Waals surface area contributed by atoms with Crippen LogP contribution in [0.15, 0.2) is 0 Å². The Labute approximate surface area is 125 Å². The fourth-order valence-corrected chi connectivity index (χ4v) is 4.07. The molecule has 1 N–H and O–H groups in total. The van der Waals surface area contributed by atoms with Gasteiger partial charge < -0.3 is 5.32 Å². The van der Waals surface area contributed by atoms with E-state index in [0.717, 1.165) is 30.6 Å². The summed E-state index contributed by atoms with van der Waals surface area (Å²) in [6.07, 6.45) is 17.8. The van der Waals surface area contributed by atoms with Crippen molar-refractivity contribution in [2.24, 2.45) is 17.8 Å². The van der Waals surface area contributed by atoms with Crippen LogP contribution in [0.2, 0.25) is 0 Å². The zero-order valence-electron chi connectivity index (χ0n) is 13.3. The van der Waals surface area contributed by atoms with Gasteiger partial charge in [-0.25, -0.2) is 0 Å². The van der Waals surface area contributed by atoms with Crippen LogP contribution < -0.4 is 5.32 Å². The van der Waals surface area contributed by atoms with Crippen molar-refractivity contribution >= 4 is 5.91 Å². The highest BCUT2D eigenvalue weighted by atomic mass is 16.1. The quantitative estimate of drug-likeness (QED) is 0.795. The molecular weight excluding hydrogens is 246 g/mol. The third kappa shape index (κ3) is 5.46. The Balaban J connectivity index is 1.70. The number of rotatable bonds is 4. The van der Waals surface area contributed by atoms with Crippen molar-refractivity contribution < 1.29 is 4.79 Å². The summed E-state index contributed by atoms with van der Waals surface area (Å²) in [6.45, 7) is 0. The van der Waals surface area contributed by atoms with Crippen LogP contribution in [0.3, 0.4) is 0 Å². The van der Waals surface area contributed by atoms with Gasteiger partial charge in [0.2, 0.25) is 5.91 Å². The van der Waals surface area contributed by atoms with Crippen LogP contribution >= 0.6 is 0 Å². The maximum absolute atomic E-state index is 11.3. The molecule has 0 saturated heterocycles. The van der Waals surface area contributed by atoms with Gasteiger partial charge in [-0.05, 0) is 30.6 Å². The van der Waals surface area contributed by atoms with Crippen molar-refractivity contribution in [2.45, 2.75) is 83.5 Å². The minimum absolute atomic E-state index is 0.220. The largest absolute Gasteiger partial charge is 0.359 e.